The van der Waals surface area contributed by atoms with Gasteiger partial charge in [-0.25, -0.2) is 0 Å². The predicted octanol–water partition coefficient (Wildman–Crippen LogP) is 0.385. The van der Waals surface area contributed by atoms with Gasteiger partial charge in [0.25, 0.3) is 0 Å². The molecule has 98 valence electrons. The normalized spacial score (nSPS) is 22.8. The van der Waals surface area contributed by atoms with Crippen LogP contribution in [0.3, 0.4) is 0 Å². The van der Waals surface area contributed by atoms with Gasteiger partial charge in [-0.05, 0) is 44.8 Å². The third-order valence-electron chi connectivity index (χ3n) is 3.30. The Morgan fingerprint density at radius 1 is 1.41 bits per heavy atom. The van der Waals surface area contributed by atoms with Crippen molar-refractivity contribution in [3.63, 3.8) is 0 Å². The van der Waals surface area contributed by atoms with Gasteiger partial charge in [0.2, 0.25) is 0 Å². The molecule has 2 unspecified atom stereocenters. The van der Waals surface area contributed by atoms with Crippen molar-refractivity contribution in [3.8, 4) is 0 Å². The highest BCUT2D eigenvalue weighted by Gasteiger charge is 2.34. The number of rotatable bonds is 6. The zero-order valence-electron chi connectivity index (χ0n) is 10.2. The average Bonchev–Trinajstić information content (AvgIpc) is 2.55. The number of Topliss-reactive ketones (excluding diaryl/α,β-unsaturated/α-hetero) is 1. The summed E-state index contributed by atoms with van der Waals surface area (Å²) in [6.45, 7) is 1.98. The van der Waals surface area contributed by atoms with Crippen molar-refractivity contribution in [2.24, 2.45) is 17.6 Å². The van der Waals surface area contributed by atoms with Crippen LogP contribution in [-0.4, -0.2) is 36.5 Å². The molecule has 0 aliphatic carbocycles. The Kier molecular flexibility index (Phi) is 6.15. The van der Waals surface area contributed by atoms with E-state index >= 15 is 0 Å². The summed E-state index contributed by atoms with van der Waals surface area (Å²) in [7, 11) is 0. The summed E-state index contributed by atoms with van der Waals surface area (Å²) in [6, 6.07) is 0. The molecule has 1 saturated heterocycles. The monoisotopic (exact) mass is 242 g/mol. The first-order valence-electron chi connectivity index (χ1n) is 6.33. The van der Waals surface area contributed by atoms with Crippen molar-refractivity contribution in [2.45, 2.75) is 32.1 Å². The summed E-state index contributed by atoms with van der Waals surface area (Å²) in [6.07, 6.45) is 3.72. The van der Waals surface area contributed by atoms with Crippen molar-refractivity contribution in [1.82, 2.24) is 5.32 Å². The molecule has 5 heteroatoms. The van der Waals surface area contributed by atoms with E-state index in [0.29, 0.717) is 19.5 Å². The Balaban J connectivity index is 2.62. The van der Waals surface area contributed by atoms with Gasteiger partial charge in [0.05, 0.1) is 0 Å². The van der Waals surface area contributed by atoms with Crippen molar-refractivity contribution in [2.75, 3.05) is 19.6 Å². The predicted molar refractivity (Wildman–Crippen MR) is 64.6 cm³/mol. The third-order valence-corrected chi connectivity index (χ3v) is 3.30. The quantitative estimate of drug-likeness (QED) is 0.586. The van der Waals surface area contributed by atoms with Crippen molar-refractivity contribution in [3.05, 3.63) is 0 Å². The molecule has 0 amide bonds. The average molecular weight is 242 g/mol. The van der Waals surface area contributed by atoms with Crippen LogP contribution in [0.15, 0.2) is 0 Å². The van der Waals surface area contributed by atoms with E-state index in [0.717, 1.165) is 25.8 Å². The molecule has 1 fully saturated rings. The van der Waals surface area contributed by atoms with Crippen LogP contribution in [0.4, 0.5) is 0 Å². The molecule has 1 aliphatic heterocycles. The fraction of sp³-hybridized carbons (Fsp3) is 0.833. The number of carbonyl (C=O) groups is 2. The fourth-order valence-corrected chi connectivity index (χ4v) is 2.36. The summed E-state index contributed by atoms with van der Waals surface area (Å²) >= 11 is 0. The molecule has 1 heterocycles. The highest BCUT2D eigenvalue weighted by Crippen LogP contribution is 2.23. The summed E-state index contributed by atoms with van der Waals surface area (Å²) in [5.74, 6) is -2.08. The molecular formula is C12H22N2O3. The van der Waals surface area contributed by atoms with Crippen LogP contribution in [0.25, 0.3) is 0 Å². The first-order valence-corrected chi connectivity index (χ1v) is 6.33. The summed E-state index contributed by atoms with van der Waals surface area (Å²) in [5, 5.41) is 12.4. The number of hydrogen-bond acceptors (Lipinski definition) is 4. The molecule has 0 aromatic carbocycles. The van der Waals surface area contributed by atoms with Gasteiger partial charge < -0.3 is 16.2 Å². The van der Waals surface area contributed by atoms with E-state index in [2.05, 4.69) is 5.32 Å². The van der Waals surface area contributed by atoms with Gasteiger partial charge >= 0.3 is 5.97 Å². The lowest BCUT2D eigenvalue weighted by atomic mass is 9.84. The second-order valence-electron chi connectivity index (χ2n) is 4.63. The Hall–Kier alpha value is -0.940. The summed E-state index contributed by atoms with van der Waals surface area (Å²) in [5.41, 5.74) is 5.34. The molecule has 0 radical (unpaired) electrons. The summed E-state index contributed by atoms with van der Waals surface area (Å²) < 4.78 is 0. The number of hydrogen-bond donors (Lipinski definition) is 3. The molecule has 1 rings (SSSR count). The zero-order valence-corrected chi connectivity index (χ0v) is 10.2. The number of aliphatic carboxylic acids is 1. The molecule has 0 spiro atoms. The van der Waals surface area contributed by atoms with Crippen molar-refractivity contribution in [1.29, 1.82) is 0 Å². The maximum absolute atomic E-state index is 11.9. The van der Waals surface area contributed by atoms with E-state index in [1.807, 2.05) is 0 Å². The van der Waals surface area contributed by atoms with E-state index < -0.39 is 11.9 Å². The molecular weight excluding hydrogens is 220 g/mol. The lowest BCUT2D eigenvalue weighted by Crippen LogP contribution is -2.36. The van der Waals surface area contributed by atoms with Crippen LogP contribution < -0.4 is 11.1 Å². The van der Waals surface area contributed by atoms with Gasteiger partial charge in [-0.1, -0.05) is 6.42 Å². The molecule has 0 aromatic rings. The number of nitrogens with one attached hydrogen (secondary N) is 1. The van der Waals surface area contributed by atoms with Crippen LogP contribution in [0.5, 0.6) is 0 Å². The SMILES string of the molecule is NCCCC(=O)C(C(=O)O)C1CCCCNC1. The van der Waals surface area contributed by atoms with Crippen LogP contribution in [0, 0.1) is 11.8 Å². The minimum atomic E-state index is -0.985. The minimum Gasteiger partial charge on any atom is -0.481 e. The standard InChI is InChI=1S/C12H22N2O3/c13-6-3-5-10(15)11(12(16)17)9-4-1-2-7-14-8-9/h9,11,14H,1-8,13H2,(H,16,17). The molecule has 0 saturated carbocycles. The fourth-order valence-electron chi connectivity index (χ4n) is 2.36. The van der Waals surface area contributed by atoms with E-state index in [9.17, 15) is 14.7 Å². The van der Waals surface area contributed by atoms with Crippen LogP contribution in [-0.2, 0) is 9.59 Å². The molecule has 1 aliphatic rings. The van der Waals surface area contributed by atoms with Crippen molar-refractivity contribution < 1.29 is 14.7 Å². The lowest BCUT2D eigenvalue weighted by Gasteiger charge is -2.21. The first kappa shape index (κ1) is 14.1. The largest absolute Gasteiger partial charge is 0.481 e. The van der Waals surface area contributed by atoms with E-state index in [1.54, 1.807) is 0 Å². The Bertz CT molecular complexity index is 260. The summed E-state index contributed by atoms with van der Waals surface area (Å²) in [4.78, 5) is 23.1. The molecule has 2 atom stereocenters. The van der Waals surface area contributed by atoms with Gasteiger partial charge in [-0.3, -0.25) is 9.59 Å². The highest BCUT2D eigenvalue weighted by atomic mass is 16.4. The highest BCUT2D eigenvalue weighted by molar-refractivity contribution is 5.98. The molecule has 17 heavy (non-hydrogen) atoms. The van der Waals surface area contributed by atoms with Gasteiger partial charge in [0, 0.05) is 6.42 Å². The molecule has 0 aromatic heterocycles. The second kappa shape index (κ2) is 7.40. The topological polar surface area (TPSA) is 92.4 Å². The van der Waals surface area contributed by atoms with Gasteiger partial charge in [-0.15, -0.1) is 0 Å². The lowest BCUT2D eigenvalue weighted by molar-refractivity contribution is -0.148. The number of carboxylic acid groups (broad SMARTS) is 1. The molecule has 5 nitrogen and oxygen atoms in total. The van der Waals surface area contributed by atoms with E-state index in [4.69, 9.17) is 5.73 Å². The van der Waals surface area contributed by atoms with Gasteiger partial charge in [0.1, 0.15) is 11.7 Å². The van der Waals surface area contributed by atoms with Crippen LogP contribution in [0.1, 0.15) is 32.1 Å². The van der Waals surface area contributed by atoms with Crippen LogP contribution in [0.2, 0.25) is 0 Å². The van der Waals surface area contributed by atoms with E-state index in [1.165, 1.54) is 0 Å². The third kappa shape index (κ3) is 4.44. The minimum absolute atomic E-state index is 0.0692. The maximum Gasteiger partial charge on any atom is 0.314 e. The number of carboxylic acids is 1. The Morgan fingerprint density at radius 2 is 2.18 bits per heavy atom. The molecule has 0 bridgehead atoms. The molecule has 4 N–H and O–H groups in total. The smallest absolute Gasteiger partial charge is 0.314 e. The number of carbonyl (C=O) groups excluding carboxylic acids is 1. The Morgan fingerprint density at radius 3 is 2.82 bits per heavy atom. The van der Waals surface area contributed by atoms with Crippen LogP contribution >= 0.6 is 0 Å². The maximum atomic E-state index is 11.9. The zero-order chi connectivity index (χ0) is 12.7. The van der Waals surface area contributed by atoms with Gasteiger partial charge in [-0.2, -0.15) is 0 Å². The van der Waals surface area contributed by atoms with Gasteiger partial charge in [0.15, 0.2) is 0 Å². The first-order chi connectivity index (χ1) is 8.16. The number of nitrogens with two attached hydrogens (primary N) is 1. The van der Waals surface area contributed by atoms with Crippen molar-refractivity contribution >= 4 is 11.8 Å². The number of ketones is 1. The second-order valence-corrected chi connectivity index (χ2v) is 4.63. The van der Waals surface area contributed by atoms with E-state index in [-0.39, 0.29) is 18.1 Å². The Labute approximate surface area is 102 Å².